The van der Waals surface area contributed by atoms with E-state index in [0.29, 0.717) is 19.3 Å². The molecule has 0 saturated heterocycles. The van der Waals surface area contributed by atoms with Crippen LogP contribution in [0.3, 0.4) is 0 Å². The number of hydrogen-bond acceptors (Lipinski definition) is 2. The topological polar surface area (TPSA) is 57.5 Å². The fraction of sp³-hybridized carbons (Fsp3) is 0.769. The number of aliphatic hydroxyl groups is 1. The van der Waals surface area contributed by atoms with E-state index >= 15 is 0 Å². The molecule has 0 heterocycles. The van der Waals surface area contributed by atoms with Gasteiger partial charge < -0.3 is 10.2 Å². The summed E-state index contributed by atoms with van der Waals surface area (Å²) in [7, 11) is 0. The normalized spacial score (nSPS) is 26.8. The average molecular weight is 226 g/mol. The van der Waals surface area contributed by atoms with Crippen LogP contribution in [0.4, 0.5) is 0 Å². The van der Waals surface area contributed by atoms with E-state index in [0.717, 1.165) is 18.4 Å². The van der Waals surface area contributed by atoms with Gasteiger partial charge in [0.15, 0.2) is 0 Å². The summed E-state index contributed by atoms with van der Waals surface area (Å²) in [5.41, 5.74) is 0.484. The van der Waals surface area contributed by atoms with E-state index in [9.17, 15) is 9.90 Å². The van der Waals surface area contributed by atoms with Gasteiger partial charge in [0.1, 0.15) is 0 Å². The summed E-state index contributed by atoms with van der Waals surface area (Å²) in [6.45, 7) is 7.59. The molecule has 2 unspecified atom stereocenters. The second-order valence-corrected chi connectivity index (χ2v) is 5.52. The quantitative estimate of drug-likeness (QED) is 0.724. The lowest BCUT2D eigenvalue weighted by Crippen LogP contribution is -2.26. The van der Waals surface area contributed by atoms with Crippen LogP contribution in [0.15, 0.2) is 12.2 Å². The fourth-order valence-corrected chi connectivity index (χ4v) is 2.27. The lowest BCUT2D eigenvalue weighted by molar-refractivity contribution is -0.142. The Hall–Kier alpha value is -0.830. The van der Waals surface area contributed by atoms with Gasteiger partial charge in [-0.3, -0.25) is 4.79 Å². The van der Waals surface area contributed by atoms with Crippen molar-refractivity contribution in [2.45, 2.75) is 51.6 Å². The first-order valence-corrected chi connectivity index (χ1v) is 5.92. The zero-order valence-corrected chi connectivity index (χ0v) is 10.2. The molecule has 3 nitrogen and oxygen atoms in total. The Morgan fingerprint density at radius 3 is 2.69 bits per heavy atom. The first-order chi connectivity index (χ1) is 7.29. The standard InChI is InChI=1S/C13H22O3/c1-9-4-5-11(12(14)15)8-10(9)6-7-13(2,3)16/h10-11,16H,1,4-8H2,2-3H3,(H,14,15). The molecule has 1 aliphatic rings. The average Bonchev–Trinajstić information content (AvgIpc) is 2.14. The van der Waals surface area contributed by atoms with Crippen LogP contribution in [0.5, 0.6) is 0 Å². The highest BCUT2D eigenvalue weighted by Crippen LogP contribution is 2.36. The van der Waals surface area contributed by atoms with Crippen molar-refractivity contribution >= 4 is 5.97 Å². The van der Waals surface area contributed by atoms with Crippen LogP contribution in [0.1, 0.15) is 46.0 Å². The van der Waals surface area contributed by atoms with Crippen molar-refractivity contribution in [3.05, 3.63) is 12.2 Å². The third-order valence-electron chi connectivity index (χ3n) is 3.41. The maximum Gasteiger partial charge on any atom is 0.306 e. The van der Waals surface area contributed by atoms with Gasteiger partial charge in [-0.2, -0.15) is 0 Å². The maximum absolute atomic E-state index is 10.9. The predicted molar refractivity (Wildman–Crippen MR) is 63.1 cm³/mol. The molecule has 0 aromatic heterocycles. The van der Waals surface area contributed by atoms with Gasteiger partial charge in [-0.25, -0.2) is 0 Å². The molecule has 3 heteroatoms. The molecule has 0 amide bonds. The molecule has 2 atom stereocenters. The molecule has 0 aromatic rings. The van der Waals surface area contributed by atoms with E-state index in [1.54, 1.807) is 13.8 Å². The zero-order chi connectivity index (χ0) is 12.3. The number of allylic oxidation sites excluding steroid dienone is 1. The van der Waals surface area contributed by atoms with E-state index in [2.05, 4.69) is 6.58 Å². The molecule has 2 N–H and O–H groups in total. The fourth-order valence-electron chi connectivity index (χ4n) is 2.27. The summed E-state index contributed by atoms with van der Waals surface area (Å²) in [5.74, 6) is -0.653. The SMILES string of the molecule is C=C1CCC(C(=O)O)CC1CCC(C)(C)O. The van der Waals surface area contributed by atoms with Gasteiger partial charge >= 0.3 is 5.97 Å². The molecular formula is C13H22O3. The predicted octanol–water partition coefficient (Wildman–Crippen LogP) is 2.59. The van der Waals surface area contributed by atoms with Crippen LogP contribution < -0.4 is 0 Å². The summed E-state index contributed by atoms with van der Waals surface area (Å²) in [4.78, 5) is 10.9. The van der Waals surface area contributed by atoms with Crippen LogP contribution in [0.2, 0.25) is 0 Å². The van der Waals surface area contributed by atoms with Gasteiger partial charge in [0, 0.05) is 0 Å². The summed E-state index contributed by atoms with van der Waals surface area (Å²) in [5, 5.41) is 18.7. The van der Waals surface area contributed by atoms with Crippen LogP contribution >= 0.6 is 0 Å². The minimum Gasteiger partial charge on any atom is -0.481 e. The third-order valence-corrected chi connectivity index (χ3v) is 3.41. The van der Waals surface area contributed by atoms with Crippen molar-refractivity contribution < 1.29 is 15.0 Å². The minimum atomic E-state index is -0.694. The number of carbonyl (C=O) groups is 1. The van der Waals surface area contributed by atoms with Gasteiger partial charge in [-0.15, -0.1) is 0 Å². The number of rotatable bonds is 4. The monoisotopic (exact) mass is 226 g/mol. The summed E-state index contributed by atoms with van der Waals surface area (Å²) in [6, 6.07) is 0. The number of carboxylic acids is 1. The van der Waals surface area contributed by atoms with Crippen LogP contribution in [-0.4, -0.2) is 21.8 Å². The molecule has 1 fully saturated rings. The molecule has 0 spiro atoms. The minimum absolute atomic E-state index is 0.225. The lowest BCUT2D eigenvalue weighted by Gasteiger charge is -2.30. The van der Waals surface area contributed by atoms with Crippen molar-refractivity contribution in [2.75, 3.05) is 0 Å². The van der Waals surface area contributed by atoms with Crippen molar-refractivity contribution in [2.24, 2.45) is 11.8 Å². The lowest BCUT2D eigenvalue weighted by atomic mass is 9.75. The number of hydrogen-bond donors (Lipinski definition) is 2. The molecule has 0 radical (unpaired) electrons. The molecule has 1 rings (SSSR count). The van der Waals surface area contributed by atoms with Crippen molar-refractivity contribution in [1.29, 1.82) is 0 Å². The maximum atomic E-state index is 10.9. The Kier molecular flexibility index (Phi) is 4.14. The van der Waals surface area contributed by atoms with Gasteiger partial charge in [-0.1, -0.05) is 12.2 Å². The highest BCUT2D eigenvalue weighted by Gasteiger charge is 2.29. The van der Waals surface area contributed by atoms with Crippen molar-refractivity contribution in [3.63, 3.8) is 0 Å². The molecule has 0 aromatic carbocycles. The Bertz CT molecular complexity index is 275. The molecular weight excluding hydrogens is 204 g/mol. The van der Waals surface area contributed by atoms with E-state index in [1.807, 2.05) is 0 Å². The Balaban J connectivity index is 2.50. The van der Waals surface area contributed by atoms with Crippen LogP contribution in [0, 0.1) is 11.8 Å². The van der Waals surface area contributed by atoms with E-state index < -0.39 is 11.6 Å². The molecule has 16 heavy (non-hydrogen) atoms. The highest BCUT2D eigenvalue weighted by molar-refractivity contribution is 5.70. The van der Waals surface area contributed by atoms with Gasteiger partial charge in [-0.05, 0) is 51.9 Å². The first kappa shape index (κ1) is 13.2. The summed E-state index contributed by atoms with van der Waals surface area (Å²) in [6.07, 6.45) is 3.75. The van der Waals surface area contributed by atoms with E-state index in [-0.39, 0.29) is 11.8 Å². The molecule has 1 saturated carbocycles. The number of aliphatic carboxylic acids is 1. The first-order valence-electron chi connectivity index (χ1n) is 5.92. The molecule has 92 valence electrons. The Morgan fingerprint density at radius 1 is 1.56 bits per heavy atom. The Labute approximate surface area is 97.2 Å². The van der Waals surface area contributed by atoms with Gasteiger partial charge in [0.2, 0.25) is 0 Å². The smallest absolute Gasteiger partial charge is 0.306 e. The largest absolute Gasteiger partial charge is 0.481 e. The third kappa shape index (κ3) is 3.97. The zero-order valence-electron chi connectivity index (χ0n) is 10.2. The van der Waals surface area contributed by atoms with Crippen LogP contribution in [-0.2, 0) is 4.79 Å². The second kappa shape index (κ2) is 5.00. The van der Waals surface area contributed by atoms with Crippen LogP contribution in [0.25, 0.3) is 0 Å². The summed E-state index contributed by atoms with van der Waals surface area (Å²) < 4.78 is 0. The Morgan fingerprint density at radius 2 is 2.19 bits per heavy atom. The van der Waals surface area contributed by atoms with Gasteiger partial charge in [0.05, 0.1) is 11.5 Å². The second-order valence-electron chi connectivity index (χ2n) is 5.52. The van der Waals surface area contributed by atoms with Crippen molar-refractivity contribution in [1.82, 2.24) is 0 Å². The molecule has 1 aliphatic carbocycles. The van der Waals surface area contributed by atoms with Crippen molar-refractivity contribution in [3.8, 4) is 0 Å². The molecule has 0 bridgehead atoms. The van der Waals surface area contributed by atoms with Gasteiger partial charge in [0.25, 0.3) is 0 Å². The van der Waals surface area contributed by atoms with E-state index in [4.69, 9.17) is 5.11 Å². The molecule has 0 aliphatic heterocycles. The highest BCUT2D eigenvalue weighted by atomic mass is 16.4. The number of carboxylic acid groups (broad SMARTS) is 1. The van der Waals surface area contributed by atoms with E-state index in [1.165, 1.54) is 0 Å². The summed E-state index contributed by atoms with van der Waals surface area (Å²) >= 11 is 0.